The van der Waals surface area contributed by atoms with Crippen LogP contribution in [0.15, 0.2) is 30.3 Å². The summed E-state index contributed by atoms with van der Waals surface area (Å²) in [6.07, 6.45) is -11.3. The van der Waals surface area contributed by atoms with E-state index in [9.17, 15) is 36.6 Å². The lowest BCUT2D eigenvalue weighted by molar-refractivity contribution is -0.253. The highest BCUT2D eigenvalue weighted by atomic mass is 19.4. The molecule has 0 unspecified atom stereocenters. The van der Waals surface area contributed by atoms with Crippen LogP contribution in [0.1, 0.15) is 11.5 Å². The molecule has 0 fully saturated rings. The number of rotatable bonds is 2. The quantitative estimate of drug-likeness (QED) is 0.365. The molecule has 0 radical (unpaired) electrons. The molecule has 0 aliphatic carbocycles. The second-order valence-electron chi connectivity index (χ2n) is 5.25. The van der Waals surface area contributed by atoms with E-state index < -0.39 is 46.6 Å². The van der Waals surface area contributed by atoms with Crippen LogP contribution in [0.2, 0.25) is 0 Å². The summed E-state index contributed by atoms with van der Waals surface area (Å²) in [4.78, 5) is 0. The Hall–Kier alpha value is -2.78. The van der Waals surface area contributed by atoms with Gasteiger partial charge in [0.25, 0.3) is 0 Å². The van der Waals surface area contributed by atoms with Crippen LogP contribution in [0, 0.1) is 0 Å². The van der Waals surface area contributed by atoms with Gasteiger partial charge >= 0.3 is 12.4 Å². The fourth-order valence-corrected chi connectivity index (χ4v) is 2.44. The first-order valence-electron chi connectivity index (χ1n) is 6.67. The van der Waals surface area contributed by atoms with Gasteiger partial charge in [0.05, 0.1) is 11.4 Å². The van der Waals surface area contributed by atoms with E-state index in [0.29, 0.717) is 12.1 Å². The van der Waals surface area contributed by atoms with Crippen LogP contribution in [0.3, 0.4) is 0 Å². The molecule has 25 heavy (non-hydrogen) atoms. The van der Waals surface area contributed by atoms with Crippen molar-refractivity contribution in [1.82, 2.24) is 0 Å². The third-order valence-corrected chi connectivity index (χ3v) is 3.54. The van der Waals surface area contributed by atoms with Crippen molar-refractivity contribution in [2.24, 2.45) is 0 Å². The molecule has 6 N–H and O–H groups in total. The Balaban J connectivity index is 2.83. The number of nitrogens with two attached hydrogens (primary N) is 2. The summed E-state index contributed by atoms with van der Waals surface area (Å²) >= 11 is 0. The summed E-state index contributed by atoms with van der Waals surface area (Å²) in [7, 11) is 0. The van der Waals surface area contributed by atoms with Crippen molar-refractivity contribution in [3.05, 3.63) is 35.9 Å². The first-order chi connectivity index (χ1) is 11.3. The smallest absolute Gasteiger partial charge is 0.404 e. The summed E-state index contributed by atoms with van der Waals surface area (Å²) in [5.41, 5.74) is 7.99. The number of alkyl halides is 6. The summed E-state index contributed by atoms with van der Waals surface area (Å²) in [6, 6.07) is 4.17. The molecule has 2 aromatic rings. The fraction of sp³-hybridized carbons (Fsp3) is 0.200. The van der Waals surface area contributed by atoms with E-state index >= 15 is 0 Å². The lowest BCUT2D eigenvalue weighted by atomic mass is 9.88. The zero-order valence-corrected chi connectivity index (χ0v) is 12.3. The SMILES string of the molecule is Nc1cc(-c2c(C(C(F)(F)F)C(F)(F)F)ccc(O)c2N)ccc1O. The lowest BCUT2D eigenvalue weighted by Crippen LogP contribution is -2.34. The van der Waals surface area contributed by atoms with Crippen LogP contribution in [0.5, 0.6) is 11.5 Å². The largest absolute Gasteiger partial charge is 0.506 e. The molecule has 0 atom stereocenters. The van der Waals surface area contributed by atoms with Gasteiger partial charge in [-0.1, -0.05) is 12.1 Å². The second kappa shape index (κ2) is 5.94. The Bertz CT molecular complexity index is 788. The number of benzene rings is 2. The Morgan fingerprint density at radius 2 is 1.32 bits per heavy atom. The van der Waals surface area contributed by atoms with Gasteiger partial charge in [0, 0.05) is 5.56 Å². The van der Waals surface area contributed by atoms with Crippen molar-refractivity contribution in [2.45, 2.75) is 18.3 Å². The summed E-state index contributed by atoms with van der Waals surface area (Å²) in [5, 5.41) is 19.0. The van der Waals surface area contributed by atoms with Crippen molar-refractivity contribution in [2.75, 3.05) is 11.5 Å². The molecule has 0 saturated heterocycles. The van der Waals surface area contributed by atoms with E-state index in [2.05, 4.69) is 0 Å². The standard InChI is InChI=1S/C15H12F6N2O2/c16-14(17,18)13(15(19,20)21)7-2-4-10(25)12(23)11(7)6-1-3-9(24)8(22)5-6/h1-5,13,24-25H,22-23H2. The van der Waals surface area contributed by atoms with E-state index in [-0.39, 0.29) is 11.3 Å². The molecule has 4 nitrogen and oxygen atoms in total. The van der Waals surface area contributed by atoms with Gasteiger partial charge in [0.15, 0.2) is 5.92 Å². The van der Waals surface area contributed by atoms with Crippen LogP contribution in [-0.4, -0.2) is 22.6 Å². The monoisotopic (exact) mass is 366 g/mol. The van der Waals surface area contributed by atoms with E-state index in [1.54, 1.807) is 0 Å². The topological polar surface area (TPSA) is 92.5 Å². The van der Waals surface area contributed by atoms with Gasteiger partial charge in [0.2, 0.25) is 0 Å². The van der Waals surface area contributed by atoms with Crippen LogP contribution in [0.25, 0.3) is 11.1 Å². The minimum absolute atomic E-state index is 0.211. The van der Waals surface area contributed by atoms with E-state index in [1.807, 2.05) is 0 Å². The molecule has 0 aliphatic rings. The van der Waals surface area contributed by atoms with Crippen LogP contribution < -0.4 is 11.5 Å². The van der Waals surface area contributed by atoms with Gasteiger partial charge in [-0.3, -0.25) is 0 Å². The highest BCUT2D eigenvalue weighted by Crippen LogP contribution is 2.51. The number of anilines is 2. The molecular weight excluding hydrogens is 354 g/mol. The summed E-state index contributed by atoms with van der Waals surface area (Å²) in [6.45, 7) is 0. The summed E-state index contributed by atoms with van der Waals surface area (Å²) < 4.78 is 78.5. The van der Waals surface area contributed by atoms with Crippen molar-refractivity contribution in [3.8, 4) is 22.6 Å². The fourth-order valence-electron chi connectivity index (χ4n) is 2.44. The molecule has 0 amide bonds. The van der Waals surface area contributed by atoms with Gasteiger partial charge < -0.3 is 21.7 Å². The second-order valence-corrected chi connectivity index (χ2v) is 5.25. The minimum atomic E-state index is -5.64. The maximum absolute atomic E-state index is 13.1. The summed E-state index contributed by atoms with van der Waals surface area (Å²) in [5.74, 6) is -4.91. The Morgan fingerprint density at radius 3 is 1.80 bits per heavy atom. The van der Waals surface area contributed by atoms with Crippen molar-refractivity contribution >= 4 is 11.4 Å². The molecule has 0 bridgehead atoms. The first-order valence-corrected chi connectivity index (χ1v) is 6.67. The van der Waals surface area contributed by atoms with Gasteiger partial charge in [-0.05, 0) is 29.3 Å². The number of phenolic OH excluding ortho intramolecular Hbond substituents is 2. The zero-order chi connectivity index (χ0) is 19.2. The third kappa shape index (κ3) is 3.52. The van der Waals surface area contributed by atoms with Gasteiger partial charge in [-0.2, -0.15) is 26.3 Å². The molecule has 0 aliphatic heterocycles. The van der Waals surface area contributed by atoms with Crippen LogP contribution >= 0.6 is 0 Å². The highest BCUT2D eigenvalue weighted by molar-refractivity contribution is 5.85. The number of hydrogen-bond acceptors (Lipinski definition) is 4. The van der Waals surface area contributed by atoms with Crippen molar-refractivity contribution in [3.63, 3.8) is 0 Å². The molecule has 0 saturated carbocycles. The maximum atomic E-state index is 13.1. The number of halogens is 6. The van der Waals surface area contributed by atoms with E-state index in [0.717, 1.165) is 18.2 Å². The predicted molar refractivity (Wildman–Crippen MR) is 78.9 cm³/mol. The number of phenols is 2. The number of aromatic hydroxyl groups is 2. The Labute approximate surface area is 137 Å². The predicted octanol–water partition coefficient (Wildman–Crippen LogP) is 4.14. The minimum Gasteiger partial charge on any atom is -0.506 e. The lowest BCUT2D eigenvalue weighted by Gasteiger charge is -2.26. The average molecular weight is 366 g/mol. The molecule has 10 heteroatoms. The maximum Gasteiger partial charge on any atom is 0.404 e. The zero-order valence-electron chi connectivity index (χ0n) is 12.3. The third-order valence-electron chi connectivity index (χ3n) is 3.54. The van der Waals surface area contributed by atoms with E-state index in [1.165, 1.54) is 0 Å². The molecule has 0 aromatic heterocycles. The van der Waals surface area contributed by atoms with Gasteiger partial charge in [0.1, 0.15) is 11.5 Å². The van der Waals surface area contributed by atoms with Gasteiger partial charge in [-0.25, -0.2) is 0 Å². The molecular formula is C15H12F6N2O2. The van der Waals surface area contributed by atoms with Crippen LogP contribution in [-0.2, 0) is 0 Å². The molecule has 2 rings (SSSR count). The molecule has 0 heterocycles. The number of nitrogen functional groups attached to an aromatic ring is 2. The normalized spacial score (nSPS) is 12.6. The highest BCUT2D eigenvalue weighted by Gasteiger charge is 2.58. The van der Waals surface area contributed by atoms with Crippen molar-refractivity contribution in [1.29, 1.82) is 0 Å². The molecule has 2 aromatic carbocycles. The molecule has 0 spiro atoms. The first kappa shape index (κ1) is 18.6. The average Bonchev–Trinajstić information content (AvgIpc) is 2.43. The van der Waals surface area contributed by atoms with Crippen molar-refractivity contribution < 1.29 is 36.6 Å². The molecule has 136 valence electrons. The van der Waals surface area contributed by atoms with E-state index in [4.69, 9.17) is 11.5 Å². The Kier molecular flexibility index (Phi) is 4.41. The van der Waals surface area contributed by atoms with Gasteiger partial charge in [-0.15, -0.1) is 0 Å². The Morgan fingerprint density at radius 1 is 0.800 bits per heavy atom. The number of hydrogen-bond donors (Lipinski definition) is 4. The van der Waals surface area contributed by atoms with Crippen LogP contribution in [0.4, 0.5) is 37.7 Å².